The van der Waals surface area contributed by atoms with Crippen molar-refractivity contribution >= 4 is 37.8 Å². The summed E-state index contributed by atoms with van der Waals surface area (Å²) < 4.78 is 7.91. The van der Waals surface area contributed by atoms with E-state index in [2.05, 4.69) is 31.9 Å². The molecule has 0 saturated carbocycles. The molecule has 1 amide bonds. The van der Waals surface area contributed by atoms with E-state index in [1.807, 2.05) is 55.6 Å². The van der Waals surface area contributed by atoms with E-state index in [9.17, 15) is 4.79 Å². The number of amides is 1. The highest BCUT2D eigenvalue weighted by Gasteiger charge is 2.36. The van der Waals surface area contributed by atoms with Crippen LogP contribution < -0.4 is 0 Å². The fraction of sp³-hybridized carbons (Fsp3) is 0.235. The van der Waals surface area contributed by atoms with E-state index in [1.165, 1.54) is 0 Å². The lowest BCUT2D eigenvalue weighted by atomic mass is 9.93. The van der Waals surface area contributed by atoms with Gasteiger partial charge in [0.2, 0.25) is 5.91 Å². The number of halogens is 2. The summed E-state index contributed by atoms with van der Waals surface area (Å²) in [5.74, 6) is 0.00119. The van der Waals surface area contributed by atoms with E-state index in [1.54, 1.807) is 4.90 Å². The number of nitrogens with zero attached hydrogens (tertiary/aromatic N) is 1. The van der Waals surface area contributed by atoms with E-state index in [0.717, 1.165) is 20.1 Å². The first kappa shape index (κ1) is 15.7. The largest absolute Gasteiger partial charge is 0.361 e. The Kier molecular flexibility index (Phi) is 4.66. The van der Waals surface area contributed by atoms with Crippen LogP contribution in [-0.2, 0) is 9.53 Å². The van der Waals surface area contributed by atoms with Gasteiger partial charge < -0.3 is 9.64 Å². The summed E-state index contributed by atoms with van der Waals surface area (Å²) in [4.78, 5) is 13.8. The van der Waals surface area contributed by atoms with Crippen molar-refractivity contribution in [1.29, 1.82) is 0 Å². The van der Waals surface area contributed by atoms with Gasteiger partial charge in [-0.25, -0.2) is 0 Å². The second kappa shape index (κ2) is 6.52. The second-order valence-electron chi connectivity index (χ2n) is 5.28. The van der Waals surface area contributed by atoms with Crippen molar-refractivity contribution in [2.45, 2.75) is 12.1 Å². The van der Waals surface area contributed by atoms with Gasteiger partial charge in [-0.2, -0.15) is 0 Å². The maximum absolute atomic E-state index is 12.1. The second-order valence-corrected chi connectivity index (χ2v) is 7.12. The molecule has 22 heavy (non-hydrogen) atoms. The normalized spacial score (nSPS) is 22.0. The molecule has 2 aromatic carbocycles. The number of morpholine rings is 1. The number of carbonyl (C=O) groups is 1. The van der Waals surface area contributed by atoms with Crippen molar-refractivity contribution in [2.24, 2.45) is 0 Å². The molecule has 1 saturated heterocycles. The van der Waals surface area contributed by atoms with Gasteiger partial charge in [-0.3, -0.25) is 4.79 Å². The van der Waals surface area contributed by atoms with E-state index < -0.39 is 0 Å². The van der Waals surface area contributed by atoms with Crippen LogP contribution in [0.1, 0.15) is 23.3 Å². The fourth-order valence-corrected chi connectivity index (χ4v) is 3.23. The first-order valence-corrected chi connectivity index (χ1v) is 8.53. The number of hydrogen-bond acceptors (Lipinski definition) is 2. The zero-order valence-corrected chi connectivity index (χ0v) is 15.2. The minimum atomic E-state index is -0.169. The molecule has 0 N–H and O–H groups in total. The van der Waals surface area contributed by atoms with Crippen LogP contribution >= 0.6 is 31.9 Å². The van der Waals surface area contributed by atoms with E-state index in [-0.39, 0.29) is 24.7 Å². The molecule has 1 heterocycles. The summed E-state index contributed by atoms with van der Waals surface area (Å²) in [6.07, 6.45) is -0.169. The third-order valence-electron chi connectivity index (χ3n) is 3.89. The molecular formula is C17H15Br2NO2. The van der Waals surface area contributed by atoms with Gasteiger partial charge >= 0.3 is 0 Å². The summed E-state index contributed by atoms with van der Waals surface area (Å²) in [6.45, 7) is 0.115. The van der Waals surface area contributed by atoms with Crippen molar-refractivity contribution in [2.75, 3.05) is 13.7 Å². The van der Waals surface area contributed by atoms with Crippen molar-refractivity contribution in [1.82, 2.24) is 4.90 Å². The smallest absolute Gasteiger partial charge is 0.248 e. The molecule has 0 unspecified atom stereocenters. The lowest BCUT2D eigenvalue weighted by Gasteiger charge is -2.39. The summed E-state index contributed by atoms with van der Waals surface area (Å²) in [6, 6.07) is 16.0. The molecular weight excluding hydrogens is 410 g/mol. The topological polar surface area (TPSA) is 29.5 Å². The van der Waals surface area contributed by atoms with Gasteiger partial charge in [-0.05, 0) is 35.4 Å². The molecule has 2 aromatic rings. The van der Waals surface area contributed by atoms with E-state index >= 15 is 0 Å². The van der Waals surface area contributed by atoms with Crippen LogP contribution in [0, 0.1) is 0 Å². The molecule has 0 aromatic heterocycles. The van der Waals surface area contributed by atoms with Crippen LogP contribution in [0.5, 0.6) is 0 Å². The predicted molar refractivity (Wildman–Crippen MR) is 92.5 cm³/mol. The number of likely N-dealkylation sites (N-methyl/N-ethyl adjacent to an activating group) is 1. The Labute approximate surface area is 146 Å². The third kappa shape index (κ3) is 3.12. The highest BCUT2D eigenvalue weighted by molar-refractivity contribution is 9.10. The summed E-state index contributed by atoms with van der Waals surface area (Å²) in [5, 5.41) is 0. The average Bonchev–Trinajstić information content (AvgIpc) is 2.52. The average molecular weight is 425 g/mol. The van der Waals surface area contributed by atoms with Gasteiger partial charge in [-0.1, -0.05) is 56.1 Å². The van der Waals surface area contributed by atoms with Crippen LogP contribution in [0.3, 0.4) is 0 Å². The molecule has 2 atom stereocenters. The maximum Gasteiger partial charge on any atom is 0.248 e. The molecule has 5 heteroatoms. The lowest BCUT2D eigenvalue weighted by Crippen LogP contribution is -2.43. The minimum absolute atomic E-state index is 0.00119. The molecule has 0 spiro atoms. The summed E-state index contributed by atoms with van der Waals surface area (Å²) in [7, 11) is 1.84. The van der Waals surface area contributed by atoms with Crippen LogP contribution in [0.15, 0.2) is 57.5 Å². The number of carbonyl (C=O) groups excluding carboxylic acids is 1. The highest BCUT2D eigenvalue weighted by Crippen LogP contribution is 2.39. The SMILES string of the molecule is CN1C(=O)CO[C@@H](c2ccc(Br)cc2)[C@H]1c1ccc(Br)cc1. The molecule has 0 aliphatic carbocycles. The Morgan fingerprint density at radius 3 is 2.00 bits per heavy atom. The van der Waals surface area contributed by atoms with Crippen molar-refractivity contribution < 1.29 is 9.53 Å². The monoisotopic (exact) mass is 423 g/mol. The Morgan fingerprint density at radius 1 is 0.955 bits per heavy atom. The van der Waals surface area contributed by atoms with Crippen molar-refractivity contribution in [3.05, 3.63) is 68.6 Å². The van der Waals surface area contributed by atoms with E-state index in [0.29, 0.717) is 0 Å². The van der Waals surface area contributed by atoms with Crippen molar-refractivity contribution in [3.8, 4) is 0 Å². The molecule has 114 valence electrons. The highest BCUT2D eigenvalue weighted by atomic mass is 79.9. The minimum Gasteiger partial charge on any atom is -0.361 e. The van der Waals surface area contributed by atoms with Gasteiger partial charge in [0.05, 0.1) is 6.04 Å². The molecule has 1 fully saturated rings. The van der Waals surface area contributed by atoms with Gasteiger partial charge in [0.25, 0.3) is 0 Å². The predicted octanol–water partition coefficient (Wildman–Crippen LogP) is 4.48. The van der Waals surface area contributed by atoms with Gasteiger partial charge in [0.15, 0.2) is 0 Å². The van der Waals surface area contributed by atoms with E-state index in [4.69, 9.17) is 4.74 Å². The van der Waals surface area contributed by atoms with Gasteiger partial charge in [0, 0.05) is 16.0 Å². The number of hydrogen-bond donors (Lipinski definition) is 0. The number of rotatable bonds is 2. The molecule has 3 rings (SSSR count). The zero-order valence-electron chi connectivity index (χ0n) is 12.0. The fourth-order valence-electron chi connectivity index (χ4n) is 2.70. The Hall–Kier alpha value is -1.17. The first-order chi connectivity index (χ1) is 10.6. The van der Waals surface area contributed by atoms with Crippen molar-refractivity contribution in [3.63, 3.8) is 0 Å². The summed E-state index contributed by atoms with van der Waals surface area (Å²) >= 11 is 6.90. The third-order valence-corrected chi connectivity index (χ3v) is 4.95. The lowest BCUT2D eigenvalue weighted by molar-refractivity contribution is -0.155. The molecule has 1 aliphatic rings. The molecule has 3 nitrogen and oxygen atoms in total. The van der Waals surface area contributed by atoms with Crippen LogP contribution in [0.2, 0.25) is 0 Å². The zero-order chi connectivity index (χ0) is 15.7. The number of benzene rings is 2. The first-order valence-electron chi connectivity index (χ1n) is 6.94. The Balaban J connectivity index is 2.00. The number of ether oxygens (including phenoxy) is 1. The Bertz CT molecular complexity index is 670. The van der Waals surface area contributed by atoms with Crippen LogP contribution in [0.4, 0.5) is 0 Å². The van der Waals surface area contributed by atoms with Gasteiger partial charge in [-0.15, -0.1) is 0 Å². The molecule has 0 radical (unpaired) electrons. The standard InChI is InChI=1S/C17H15Br2NO2/c1-20-15(21)10-22-17(12-4-8-14(19)9-5-12)16(20)11-2-6-13(18)7-3-11/h2-9,16-17H,10H2,1H3/t16-,17+/m1/s1. The molecule has 1 aliphatic heterocycles. The Morgan fingerprint density at radius 2 is 1.45 bits per heavy atom. The van der Waals surface area contributed by atoms with Crippen LogP contribution in [-0.4, -0.2) is 24.5 Å². The summed E-state index contributed by atoms with van der Waals surface area (Å²) in [5.41, 5.74) is 2.13. The molecule has 0 bridgehead atoms. The van der Waals surface area contributed by atoms with Crippen LogP contribution in [0.25, 0.3) is 0 Å². The maximum atomic E-state index is 12.1. The quantitative estimate of drug-likeness (QED) is 0.711. The van der Waals surface area contributed by atoms with Gasteiger partial charge in [0.1, 0.15) is 12.7 Å².